The Hall–Kier alpha value is 0.400. The fourth-order valence-corrected chi connectivity index (χ4v) is 1.71. The predicted octanol–water partition coefficient (Wildman–Crippen LogP) is 3.53. The van der Waals surface area contributed by atoms with Crippen LogP contribution in [0.2, 0.25) is 0 Å². The van der Waals surface area contributed by atoms with Gasteiger partial charge in [-0.15, -0.1) is 11.7 Å². The highest BCUT2D eigenvalue weighted by Crippen LogP contribution is 2.17. The molecule has 0 N–H and O–H groups in total. The summed E-state index contributed by atoms with van der Waals surface area (Å²) in [5, 5.41) is 0. The minimum absolute atomic E-state index is 0.969. The molecule has 3 heteroatoms. The van der Waals surface area contributed by atoms with E-state index in [9.17, 15) is 0 Å². The van der Waals surface area contributed by atoms with Crippen LogP contribution in [0.3, 0.4) is 0 Å². The Morgan fingerprint density at radius 3 is 2.40 bits per heavy atom. The monoisotopic (exact) mass is 234 g/mol. The summed E-state index contributed by atoms with van der Waals surface area (Å²) < 4.78 is 1.13. The first kappa shape index (κ1) is 8.50. The first-order valence-corrected chi connectivity index (χ1v) is 5.67. The molecule has 0 bridgehead atoms. The van der Waals surface area contributed by atoms with Crippen molar-refractivity contribution in [2.24, 2.45) is 0 Å². The molecule has 0 saturated heterocycles. The molecule has 10 heavy (non-hydrogen) atoms. The van der Waals surface area contributed by atoms with E-state index in [0.29, 0.717) is 0 Å². The van der Waals surface area contributed by atoms with Crippen LogP contribution in [-0.2, 0) is 5.75 Å². The summed E-state index contributed by atoms with van der Waals surface area (Å²) in [6.07, 6.45) is 0. The van der Waals surface area contributed by atoms with Gasteiger partial charge in [0.1, 0.15) is 0 Å². The van der Waals surface area contributed by atoms with E-state index in [1.54, 1.807) is 0 Å². The summed E-state index contributed by atoms with van der Waals surface area (Å²) in [6.45, 7) is 0. The minimum atomic E-state index is 0.969. The van der Waals surface area contributed by atoms with Crippen molar-refractivity contribution in [3.63, 3.8) is 0 Å². The highest BCUT2D eigenvalue weighted by atomic mass is 79.9. The van der Waals surface area contributed by atoms with Crippen LogP contribution in [-0.4, -0.2) is 0 Å². The molecule has 0 aliphatic heterocycles. The second kappa shape index (κ2) is 4.31. The van der Waals surface area contributed by atoms with Gasteiger partial charge in [0, 0.05) is 10.2 Å². The van der Waals surface area contributed by atoms with Gasteiger partial charge in [-0.3, -0.25) is 0 Å². The molecule has 1 aromatic rings. The zero-order valence-electron chi connectivity index (χ0n) is 5.25. The van der Waals surface area contributed by atoms with Crippen LogP contribution in [0.1, 0.15) is 5.56 Å². The molecule has 0 fully saturated rings. The van der Waals surface area contributed by atoms with Gasteiger partial charge in [-0.25, -0.2) is 0 Å². The largest absolute Gasteiger partial charge is 0.111 e. The van der Waals surface area contributed by atoms with Gasteiger partial charge in [-0.1, -0.05) is 38.9 Å². The van der Waals surface area contributed by atoms with Gasteiger partial charge in [0.05, 0.1) is 0 Å². The highest BCUT2D eigenvalue weighted by Gasteiger charge is 1.89. The summed E-state index contributed by atoms with van der Waals surface area (Å²) in [5.74, 6) is 0.969. The van der Waals surface area contributed by atoms with Gasteiger partial charge in [-0.2, -0.15) is 0 Å². The molecule has 0 amide bonds. The lowest BCUT2D eigenvalue weighted by Gasteiger charge is -1.95. The third-order valence-electron chi connectivity index (χ3n) is 1.14. The molecule has 0 aliphatic carbocycles. The molecule has 1 rings (SSSR count). The Bertz CT molecular complexity index is 195. The van der Waals surface area contributed by atoms with Crippen LogP contribution in [0, 0.1) is 0 Å². The Morgan fingerprint density at radius 1 is 1.30 bits per heavy atom. The summed E-state index contributed by atoms with van der Waals surface area (Å²) in [4.78, 5) is 0. The Kier molecular flexibility index (Phi) is 3.66. The van der Waals surface area contributed by atoms with Gasteiger partial charge in [0.25, 0.3) is 0 Å². The normalized spacial score (nSPS) is 9.80. The van der Waals surface area contributed by atoms with Gasteiger partial charge in [0.15, 0.2) is 0 Å². The van der Waals surface area contributed by atoms with E-state index in [1.165, 1.54) is 16.4 Å². The number of thiol groups is 1. The van der Waals surface area contributed by atoms with Crippen molar-refractivity contribution < 1.29 is 0 Å². The van der Waals surface area contributed by atoms with E-state index in [1.807, 2.05) is 12.1 Å². The Morgan fingerprint density at radius 2 is 1.90 bits per heavy atom. The van der Waals surface area contributed by atoms with Crippen molar-refractivity contribution >= 4 is 38.4 Å². The molecular weight excluding hydrogens is 228 g/mol. The fourth-order valence-electron chi connectivity index (χ4n) is 0.655. The molecule has 0 nitrogen and oxygen atoms in total. The minimum Gasteiger partial charge on any atom is -0.111 e. The topological polar surface area (TPSA) is 0 Å². The zero-order valence-corrected chi connectivity index (χ0v) is 8.55. The van der Waals surface area contributed by atoms with Crippen LogP contribution in [0.5, 0.6) is 0 Å². The number of rotatable bonds is 2. The lowest BCUT2D eigenvalue weighted by atomic mass is 10.2. The molecule has 0 atom stereocenters. The molecule has 0 aromatic heterocycles. The predicted molar refractivity (Wildman–Crippen MR) is 54.4 cm³/mol. The summed E-state index contributed by atoms with van der Waals surface area (Å²) >= 11 is 7.43. The van der Waals surface area contributed by atoms with Crippen molar-refractivity contribution in [1.29, 1.82) is 0 Å². The van der Waals surface area contributed by atoms with Crippen molar-refractivity contribution in [2.45, 2.75) is 5.75 Å². The Balaban J connectivity index is 2.69. The SMILES string of the molecule is SSCc1ccc(Br)cc1. The van der Waals surface area contributed by atoms with E-state index in [4.69, 9.17) is 0 Å². The van der Waals surface area contributed by atoms with Crippen molar-refractivity contribution in [3.8, 4) is 0 Å². The van der Waals surface area contributed by atoms with Crippen LogP contribution in [0.25, 0.3) is 0 Å². The van der Waals surface area contributed by atoms with Crippen molar-refractivity contribution in [2.75, 3.05) is 0 Å². The van der Waals surface area contributed by atoms with E-state index >= 15 is 0 Å². The summed E-state index contributed by atoms with van der Waals surface area (Å²) in [7, 11) is 1.54. The van der Waals surface area contributed by atoms with Crippen LogP contribution < -0.4 is 0 Å². The fraction of sp³-hybridized carbons (Fsp3) is 0.143. The van der Waals surface area contributed by atoms with Gasteiger partial charge >= 0.3 is 0 Å². The van der Waals surface area contributed by atoms with Crippen molar-refractivity contribution in [1.82, 2.24) is 0 Å². The molecule has 0 saturated carbocycles. The van der Waals surface area contributed by atoms with Crippen LogP contribution in [0.15, 0.2) is 28.7 Å². The number of hydrogen-bond donors (Lipinski definition) is 1. The average Bonchev–Trinajstić information content (AvgIpc) is 1.95. The standard InChI is InChI=1S/C7H7BrS2/c8-7-3-1-6(2-4-7)5-10-9/h1-4,9H,5H2. The molecule has 0 heterocycles. The molecule has 1 aromatic carbocycles. The maximum Gasteiger partial charge on any atom is 0.0286 e. The lowest BCUT2D eigenvalue weighted by Crippen LogP contribution is -1.75. The third kappa shape index (κ3) is 2.56. The van der Waals surface area contributed by atoms with E-state index in [-0.39, 0.29) is 0 Å². The third-order valence-corrected chi connectivity index (χ3v) is 2.52. The molecule has 54 valence electrons. The summed E-state index contributed by atoms with van der Waals surface area (Å²) in [6, 6.07) is 8.26. The molecule has 0 unspecified atom stereocenters. The smallest absolute Gasteiger partial charge is 0.0286 e. The van der Waals surface area contributed by atoms with Crippen LogP contribution in [0.4, 0.5) is 0 Å². The van der Waals surface area contributed by atoms with Gasteiger partial charge < -0.3 is 0 Å². The Labute approximate surface area is 78.3 Å². The average molecular weight is 235 g/mol. The second-order valence-electron chi connectivity index (χ2n) is 1.90. The second-order valence-corrected chi connectivity index (χ2v) is 4.14. The van der Waals surface area contributed by atoms with Crippen LogP contribution >= 0.6 is 38.4 Å². The van der Waals surface area contributed by atoms with E-state index < -0.39 is 0 Å². The first-order chi connectivity index (χ1) is 4.83. The first-order valence-electron chi connectivity index (χ1n) is 2.84. The molecular formula is C7H7BrS2. The molecule has 0 radical (unpaired) electrons. The highest BCUT2D eigenvalue weighted by molar-refractivity contribution is 9.10. The lowest BCUT2D eigenvalue weighted by molar-refractivity contribution is 1.41. The maximum absolute atomic E-state index is 4.06. The number of benzene rings is 1. The van der Waals surface area contributed by atoms with Gasteiger partial charge in [0.2, 0.25) is 0 Å². The number of halogens is 1. The van der Waals surface area contributed by atoms with Gasteiger partial charge in [-0.05, 0) is 17.7 Å². The zero-order chi connectivity index (χ0) is 7.40. The molecule has 0 spiro atoms. The van der Waals surface area contributed by atoms with E-state index in [2.05, 4.69) is 39.7 Å². The molecule has 0 aliphatic rings. The number of hydrogen-bond acceptors (Lipinski definition) is 2. The quantitative estimate of drug-likeness (QED) is 0.604. The van der Waals surface area contributed by atoms with E-state index in [0.717, 1.165) is 10.2 Å². The maximum atomic E-state index is 4.06. The summed E-state index contributed by atoms with van der Waals surface area (Å²) in [5.41, 5.74) is 1.31. The van der Waals surface area contributed by atoms with Crippen molar-refractivity contribution in [3.05, 3.63) is 34.3 Å².